The zero-order valence-electron chi connectivity index (χ0n) is 14.6. The summed E-state index contributed by atoms with van der Waals surface area (Å²) in [6.45, 7) is 1.35. The van der Waals surface area contributed by atoms with E-state index in [0.717, 1.165) is 18.2 Å². The Morgan fingerprint density at radius 1 is 1.12 bits per heavy atom. The molecule has 0 atom stereocenters. The number of halogens is 1. The molecular weight excluding hydrogens is 372 g/mol. The maximum absolute atomic E-state index is 12.6. The van der Waals surface area contributed by atoms with Crippen LogP contribution in [0.2, 0.25) is 5.02 Å². The van der Waals surface area contributed by atoms with Crippen molar-refractivity contribution in [3.8, 4) is 0 Å². The molecule has 2 aromatic rings. The third-order valence-corrected chi connectivity index (χ3v) is 5.97. The fraction of sp³-hybridized carbons (Fsp3) is 0.316. The van der Waals surface area contributed by atoms with Crippen LogP contribution in [-0.2, 0) is 27.8 Å². The molecule has 0 radical (unpaired) electrons. The molecule has 0 aliphatic carbocycles. The van der Waals surface area contributed by atoms with Crippen molar-refractivity contribution in [3.05, 3.63) is 64.7 Å². The molecule has 26 heavy (non-hydrogen) atoms. The molecule has 138 valence electrons. The zero-order valence-corrected chi connectivity index (χ0v) is 16.1. The average Bonchev–Trinajstić information content (AvgIpc) is 2.61. The first-order valence-electron chi connectivity index (χ1n) is 8.42. The lowest BCUT2D eigenvalue weighted by molar-refractivity contribution is -0.131. The van der Waals surface area contributed by atoms with E-state index in [0.29, 0.717) is 23.8 Å². The molecule has 3 rings (SSSR count). The van der Waals surface area contributed by atoms with Crippen molar-refractivity contribution in [1.29, 1.82) is 0 Å². The predicted octanol–water partition coefficient (Wildman–Crippen LogP) is 3.08. The fourth-order valence-corrected chi connectivity index (χ4v) is 4.21. The van der Waals surface area contributed by atoms with Gasteiger partial charge in [0.05, 0.1) is 11.9 Å². The van der Waals surface area contributed by atoms with Crippen molar-refractivity contribution in [2.24, 2.45) is 0 Å². The molecule has 1 heterocycles. The van der Waals surface area contributed by atoms with Crippen molar-refractivity contribution in [1.82, 2.24) is 4.90 Å². The van der Waals surface area contributed by atoms with Crippen LogP contribution in [0.25, 0.3) is 0 Å². The molecule has 7 heteroatoms. The highest BCUT2D eigenvalue weighted by atomic mass is 35.5. The van der Waals surface area contributed by atoms with Gasteiger partial charge in [0.25, 0.3) is 0 Å². The summed E-state index contributed by atoms with van der Waals surface area (Å²) in [6, 6.07) is 14.7. The van der Waals surface area contributed by atoms with Gasteiger partial charge in [0, 0.05) is 31.1 Å². The highest BCUT2D eigenvalue weighted by Crippen LogP contribution is 2.22. The first-order chi connectivity index (χ1) is 12.3. The molecule has 0 N–H and O–H groups in total. The van der Waals surface area contributed by atoms with Gasteiger partial charge in [0.15, 0.2) is 0 Å². The largest absolute Gasteiger partial charge is 0.338 e. The summed E-state index contributed by atoms with van der Waals surface area (Å²) >= 11 is 5.87. The van der Waals surface area contributed by atoms with Crippen LogP contribution >= 0.6 is 11.6 Å². The Balaban J connectivity index is 1.68. The lowest BCUT2D eigenvalue weighted by Gasteiger charge is -2.30. The van der Waals surface area contributed by atoms with Crippen LogP contribution in [0.5, 0.6) is 0 Å². The Morgan fingerprint density at radius 2 is 1.77 bits per heavy atom. The molecule has 0 saturated heterocycles. The zero-order chi connectivity index (χ0) is 18.7. The van der Waals surface area contributed by atoms with Gasteiger partial charge in [0.2, 0.25) is 15.9 Å². The Kier molecular flexibility index (Phi) is 5.53. The lowest BCUT2D eigenvalue weighted by atomic mass is 10.00. The number of carbonyl (C=O) groups excluding carboxylic acids is 1. The monoisotopic (exact) mass is 392 g/mol. The van der Waals surface area contributed by atoms with Crippen LogP contribution in [0, 0.1) is 0 Å². The standard InChI is InChI=1S/C19H21ClN2O3S/c1-26(24,25)22(18-8-6-17(20)7-9-18)13-11-19(23)21-12-10-15-4-2-3-5-16(15)14-21/h2-9H,10-14H2,1H3. The van der Waals surface area contributed by atoms with E-state index in [-0.39, 0.29) is 18.9 Å². The third kappa shape index (κ3) is 4.37. The van der Waals surface area contributed by atoms with Gasteiger partial charge in [-0.1, -0.05) is 35.9 Å². The molecule has 0 unspecified atom stereocenters. The summed E-state index contributed by atoms with van der Waals surface area (Å²) in [7, 11) is -3.49. The smallest absolute Gasteiger partial charge is 0.232 e. The summed E-state index contributed by atoms with van der Waals surface area (Å²) in [4.78, 5) is 14.4. The number of hydrogen-bond acceptors (Lipinski definition) is 3. The summed E-state index contributed by atoms with van der Waals surface area (Å²) < 4.78 is 25.5. The van der Waals surface area contributed by atoms with Crippen molar-refractivity contribution < 1.29 is 13.2 Å². The number of hydrogen-bond donors (Lipinski definition) is 0. The van der Waals surface area contributed by atoms with Crippen molar-refractivity contribution >= 4 is 33.2 Å². The molecule has 1 aliphatic heterocycles. The highest BCUT2D eigenvalue weighted by molar-refractivity contribution is 7.92. The van der Waals surface area contributed by atoms with E-state index < -0.39 is 10.0 Å². The van der Waals surface area contributed by atoms with Crippen LogP contribution in [0.3, 0.4) is 0 Å². The molecule has 5 nitrogen and oxygen atoms in total. The number of anilines is 1. The van der Waals surface area contributed by atoms with Crippen LogP contribution in [0.1, 0.15) is 17.5 Å². The second-order valence-corrected chi connectivity index (χ2v) is 8.74. The van der Waals surface area contributed by atoms with E-state index >= 15 is 0 Å². The average molecular weight is 393 g/mol. The molecule has 0 aromatic heterocycles. The third-order valence-electron chi connectivity index (χ3n) is 4.53. The number of carbonyl (C=O) groups is 1. The van der Waals surface area contributed by atoms with Crippen LogP contribution in [-0.4, -0.2) is 38.6 Å². The molecule has 0 fully saturated rings. The van der Waals surface area contributed by atoms with Crippen molar-refractivity contribution in [2.45, 2.75) is 19.4 Å². The van der Waals surface area contributed by atoms with Crippen LogP contribution in [0.15, 0.2) is 48.5 Å². The Hall–Kier alpha value is -2.05. The Labute approximate surface area is 159 Å². The van der Waals surface area contributed by atoms with Gasteiger partial charge < -0.3 is 4.90 Å². The maximum Gasteiger partial charge on any atom is 0.232 e. The quantitative estimate of drug-likeness (QED) is 0.785. The molecule has 0 saturated carbocycles. The summed E-state index contributed by atoms with van der Waals surface area (Å²) in [5.74, 6) is -0.0397. The molecule has 0 spiro atoms. The first-order valence-corrected chi connectivity index (χ1v) is 10.6. The summed E-state index contributed by atoms with van der Waals surface area (Å²) in [5.41, 5.74) is 2.94. The number of amides is 1. The van der Waals surface area contributed by atoms with Gasteiger partial charge in [-0.25, -0.2) is 8.42 Å². The minimum atomic E-state index is -3.49. The first kappa shape index (κ1) is 18.7. The van der Waals surface area contributed by atoms with Gasteiger partial charge in [0.1, 0.15) is 0 Å². The topological polar surface area (TPSA) is 57.7 Å². The second kappa shape index (κ2) is 7.68. The maximum atomic E-state index is 12.6. The van der Waals surface area contributed by atoms with Gasteiger partial charge in [-0.3, -0.25) is 9.10 Å². The van der Waals surface area contributed by atoms with Gasteiger partial charge in [-0.2, -0.15) is 0 Å². The Morgan fingerprint density at radius 3 is 2.42 bits per heavy atom. The summed E-state index contributed by atoms with van der Waals surface area (Å²) in [5, 5.41) is 0.533. The van der Waals surface area contributed by atoms with E-state index in [9.17, 15) is 13.2 Å². The van der Waals surface area contributed by atoms with Crippen LogP contribution in [0.4, 0.5) is 5.69 Å². The molecule has 1 aliphatic rings. The predicted molar refractivity (Wildman–Crippen MR) is 104 cm³/mol. The normalized spacial score (nSPS) is 14.0. The Bertz CT molecular complexity index is 897. The minimum absolute atomic E-state index is 0.0397. The number of rotatable bonds is 5. The SMILES string of the molecule is CS(=O)(=O)N(CCC(=O)N1CCc2ccccc2C1)c1ccc(Cl)cc1. The van der Waals surface area contributed by atoms with E-state index in [1.807, 2.05) is 18.2 Å². The van der Waals surface area contributed by atoms with Gasteiger partial charge >= 0.3 is 0 Å². The van der Waals surface area contributed by atoms with Crippen molar-refractivity contribution in [3.63, 3.8) is 0 Å². The molecule has 2 aromatic carbocycles. The molecule has 1 amide bonds. The lowest BCUT2D eigenvalue weighted by Crippen LogP contribution is -2.39. The number of benzene rings is 2. The molecule has 0 bridgehead atoms. The molecular formula is C19H21ClN2O3S. The second-order valence-electron chi connectivity index (χ2n) is 6.40. The fourth-order valence-electron chi connectivity index (χ4n) is 3.16. The van der Waals surface area contributed by atoms with Crippen molar-refractivity contribution in [2.75, 3.05) is 23.7 Å². The number of sulfonamides is 1. The van der Waals surface area contributed by atoms with E-state index in [1.165, 1.54) is 9.87 Å². The van der Waals surface area contributed by atoms with E-state index in [1.54, 1.807) is 29.2 Å². The number of fused-ring (bicyclic) bond motifs is 1. The van der Waals surface area contributed by atoms with Gasteiger partial charge in [-0.05, 0) is 41.8 Å². The highest BCUT2D eigenvalue weighted by Gasteiger charge is 2.23. The minimum Gasteiger partial charge on any atom is -0.338 e. The van der Waals surface area contributed by atoms with E-state index in [2.05, 4.69) is 6.07 Å². The number of nitrogens with zero attached hydrogens (tertiary/aromatic N) is 2. The van der Waals surface area contributed by atoms with E-state index in [4.69, 9.17) is 11.6 Å². The summed E-state index contributed by atoms with van der Waals surface area (Å²) in [6.07, 6.45) is 2.11. The van der Waals surface area contributed by atoms with Crippen LogP contribution < -0.4 is 4.31 Å². The van der Waals surface area contributed by atoms with Gasteiger partial charge in [-0.15, -0.1) is 0 Å².